The Kier molecular flexibility index (Phi) is 10.2. The van der Waals surface area contributed by atoms with Crippen molar-refractivity contribution in [2.24, 2.45) is 11.8 Å². The van der Waals surface area contributed by atoms with Gasteiger partial charge in [0.2, 0.25) is 0 Å². The lowest BCUT2D eigenvalue weighted by atomic mass is 9.82. The van der Waals surface area contributed by atoms with Gasteiger partial charge >= 0.3 is 0 Å². The van der Waals surface area contributed by atoms with E-state index in [9.17, 15) is 9.18 Å². The molecule has 0 amide bonds. The maximum absolute atomic E-state index is 13.7. The molecular formula is C31H36FNO2S. The molecule has 0 fully saturated rings. The van der Waals surface area contributed by atoms with Gasteiger partial charge in [-0.3, -0.25) is 4.79 Å². The Hall–Kier alpha value is -3.05. The molecule has 1 aliphatic carbocycles. The van der Waals surface area contributed by atoms with E-state index in [0.29, 0.717) is 12.2 Å². The largest absolute Gasteiger partial charge is 0.501 e. The third kappa shape index (κ3) is 7.23. The van der Waals surface area contributed by atoms with E-state index in [4.69, 9.17) is 4.74 Å². The van der Waals surface area contributed by atoms with Crippen molar-refractivity contribution in [1.29, 1.82) is 0 Å². The number of nitrogens with one attached hydrogen (secondary N) is 1. The molecule has 0 aromatic heterocycles. The molecule has 1 aliphatic rings. The number of halogens is 1. The number of thioether (sulfide) groups is 1. The first-order chi connectivity index (χ1) is 17.3. The summed E-state index contributed by atoms with van der Waals surface area (Å²) in [6, 6.07) is 14.5. The number of allylic oxidation sites excluding steroid dienone is 5. The van der Waals surface area contributed by atoms with Crippen LogP contribution >= 0.6 is 11.8 Å². The Bertz CT molecular complexity index is 1180. The third-order valence-corrected chi connectivity index (χ3v) is 7.55. The van der Waals surface area contributed by atoms with Gasteiger partial charge in [0.1, 0.15) is 5.82 Å². The normalized spacial score (nSPS) is 16.6. The van der Waals surface area contributed by atoms with Crippen LogP contribution in [-0.4, -0.2) is 25.7 Å². The maximum atomic E-state index is 13.7. The smallest absolute Gasteiger partial charge is 0.171 e. The van der Waals surface area contributed by atoms with Gasteiger partial charge in [0.25, 0.3) is 0 Å². The van der Waals surface area contributed by atoms with Crippen molar-refractivity contribution >= 4 is 17.5 Å². The maximum Gasteiger partial charge on any atom is 0.171 e. The first kappa shape index (κ1) is 27.5. The van der Waals surface area contributed by atoms with Gasteiger partial charge in [-0.05, 0) is 66.5 Å². The summed E-state index contributed by atoms with van der Waals surface area (Å²) in [5.74, 6) is 1.50. The van der Waals surface area contributed by atoms with Crippen molar-refractivity contribution in [3.63, 3.8) is 0 Å². The summed E-state index contributed by atoms with van der Waals surface area (Å²) in [6.07, 6.45) is 6.28. The zero-order valence-electron chi connectivity index (χ0n) is 21.6. The lowest BCUT2D eigenvalue weighted by Crippen LogP contribution is -2.23. The third-order valence-electron chi connectivity index (χ3n) is 6.62. The fourth-order valence-electron chi connectivity index (χ4n) is 4.46. The van der Waals surface area contributed by atoms with Crippen LogP contribution in [0.3, 0.4) is 0 Å². The van der Waals surface area contributed by atoms with Crippen LogP contribution in [0.2, 0.25) is 0 Å². The van der Waals surface area contributed by atoms with E-state index in [1.54, 1.807) is 31.0 Å². The molecule has 2 atom stereocenters. The average molecular weight is 506 g/mol. The monoisotopic (exact) mass is 505 g/mol. The number of aryl methyl sites for hydroxylation is 2. The van der Waals surface area contributed by atoms with Crippen molar-refractivity contribution in [2.75, 3.05) is 19.9 Å². The molecule has 5 heteroatoms. The summed E-state index contributed by atoms with van der Waals surface area (Å²) in [5.41, 5.74) is 5.74. The fraction of sp³-hybridized carbons (Fsp3) is 0.323. The molecule has 1 N–H and O–H groups in total. The molecule has 0 spiro atoms. The number of hydrogen-bond donors (Lipinski definition) is 1. The SMILES string of the molecule is C=C(CCc1cccc(F)c1)/C(=C/SCC(C(=O)c1ccccc1C)C1=CC=C(OC)C(C)C1)NC. The van der Waals surface area contributed by atoms with E-state index in [1.807, 2.05) is 50.4 Å². The summed E-state index contributed by atoms with van der Waals surface area (Å²) >= 11 is 1.62. The van der Waals surface area contributed by atoms with Gasteiger partial charge < -0.3 is 10.1 Å². The van der Waals surface area contributed by atoms with Gasteiger partial charge in [-0.1, -0.05) is 61.5 Å². The van der Waals surface area contributed by atoms with E-state index in [-0.39, 0.29) is 23.4 Å². The van der Waals surface area contributed by atoms with Crippen LogP contribution in [-0.2, 0) is 11.2 Å². The summed E-state index contributed by atoms with van der Waals surface area (Å²) in [4.78, 5) is 13.7. The second-order valence-electron chi connectivity index (χ2n) is 9.20. The van der Waals surface area contributed by atoms with Crippen LogP contribution in [0.4, 0.5) is 4.39 Å². The lowest BCUT2D eigenvalue weighted by molar-refractivity contribution is 0.0946. The second kappa shape index (κ2) is 13.3. The second-order valence-corrected chi connectivity index (χ2v) is 10.1. The zero-order chi connectivity index (χ0) is 26.1. The molecule has 0 aliphatic heterocycles. The minimum absolute atomic E-state index is 0.151. The summed E-state index contributed by atoms with van der Waals surface area (Å²) in [5, 5.41) is 5.29. The van der Waals surface area contributed by atoms with Crippen molar-refractivity contribution in [1.82, 2.24) is 5.32 Å². The van der Waals surface area contributed by atoms with Crippen molar-refractivity contribution in [3.8, 4) is 0 Å². The van der Waals surface area contributed by atoms with Gasteiger partial charge in [-0.2, -0.15) is 0 Å². The highest BCUT2D eigenvalue weighted by molar-refractivity contribution is 8.02. The molecule has 0 radical (unpaired) electrons. The number of hydrogen-bond acceptors (Lipinski definition) is 4. The standard InChI is InChI=1S/C31H36FNO2S/c1-21-9-6-7-12-27(21)31(34)28(25-15-16-30(35-5)23(3)17-25)19-36-20-29(33-4)22(2)13-14-24-10-8-11-26(32)18-24/h6-12,15-16,18,20,23,28,33H,2,13-14,17,19H2,1,3-5H3/b29-20-. The number of carbonyl (C=O) groups is 1. The van der Waals surface area contributed by atoms with Crippen LogP contribution in [0, 0.1) is 24.6 Å². The predicted molar refractivity (Wildman–Crippen MR) is 149 cm³/mol. The summed E-state index contributed by atoms with van der Waals surface area (Å²) in [7, 11) is 3.57. The molecule has 190 valence electrons. The van der Waals surface area contributed by atoms with Gasteiger partial charge in [-0.25, -0.2) is 4.39 Å². The van der Waals surface area contributed by atoms with Gasteiger partial charge in [0.15, 0.2) is 5.78 Å². The van der Waals surface area contributed by atoms with E-state index in [2.05, 4.69) is 30.3 Å². The highest BCUT2D eigenvalue weighted by Crippen LogP contribution is 2.34. The first-order valence-electron chi connectivity index (χ1n) is 12.3. The van der Waals surface area contributed by atoms with Crippen LogP contribution in [0.25, 0.3) is 0 Å². The number of methoxy groups -OCH3 is 1. The number of rotatable bonds is 12. The van der Waals surface area contributed by atoms with Gasteiger partial charge in [0.05, 0.1) is 18.8 Å². The lowest BCUT2D eigenvalue weighted by Gasteiger charge is -2.26. The number of benzene rings is 2. The molecule has 2 aromatic rings. The molecule has 0 bridgehead atoms. The predicted octanol–water partition coefficient (Wildman–Crippen LogP) is 7.41. The van der Waals surface area contributed by atoms with Crippen LogP contribution in [0.1, 0.15) is 41.3 Å². The number of carbonyl (C=O) groups excluding carboxylic acids is 1. The van der Waals surface area contributed by atoms with E-state index in [0.717, 1.165) is 52.1 Å². The minimum Gasteiger partial charge on any atom is -0.501 e. The molecule has 2 unspecified atom stereocenters. The Balaban J connectivity index is 1.75. The van der Waals surface area contributed by atoms with Crippen LogP contribution in [0.5, 0.6) is 0 Å². The molecule has 3 nitrogen and oxygen atoms in total. The molecule has 2 aromatic carbocycles. The molecule has 36 heavy (non-hydrogen) atoms. The highest BCUT2D eigenvalue weighted by atomic mass is 32.2. The van der Waals surface area contributed by atoms with Gasteiger partial charge in [-0.15, -0.1) is 11.8 Å². The average Bonchev–Trinajstić information content (AvgIpc) is 2.87. The Morgan fingerprint density at radius 3 is 2.69 bits per heavy atom. The zero-order valence-corrected chi connectivity index (χ0v) is 22.5. The Labute approximate surface area is 219 Å². The highest BCUT2D eigenvalue weighted by Gasteiger charge is 2.28. The first-order valence-corrected chi connectivity index (χ1v) is 13.4. The number of Topliss-reactive ketones (excluding diaryl/α,β-unsaturated/α-hetero) is 1. The molecule has 0 saturated heterocycles. The Morgan fingerprint density at radius 2 is 2.03 bits per heavy atom. The van der Waals surface area contributed by atoms with E-state index < -0.39 is 0 Å². The summed E-state index contributed by atoms with van der Waals surface area (Å²) < 4.78 is 19.0. The minimum atomic E-state index is -0.233. The quantitative estimate of drug-likeness (QED) is 0.241. The summed E-state index contributed by atoms with van der Waals surface area (Å²) in [6.45, 7) is 8.35. The van der Waals surface area contributed by atoms with Crippen molar-refractivity contribution in [2.45, 2.75) is 33.1 Å². The van der Waals surface area contributed by atoms with Crippen LogP contribution < -0.4 is 5.32 Å². The van der Waals surface area contributed by atoms with E-state index >= 15 is 0 Å². The topological polar surface area (TPSA) is 38.3 Å². The number of ketones is 1. The van der Waals surface area contributed by atoms with Crippen molar-refractivity contribution < 1.29 is 13.9 Å². The van der Waals surface area contributed by atoms with Gasteiger partial charge in [0, 0.05) is 30.0 Å². The molecular weight excluding hydrogens is 469 g/mol. The van der Waals surface area contributed by atoms with E-state index in [1.165, 1.54) is 6.07 Å². The molecule has 0 heterocycles. The molecule has 3 rings (SSSR count). The van der Waals surface area contributed by atoms with Crippen molar-refractivity contribution in [3.05, 3.63) is 118 Å². The number of likely N-dealkylation sites (N-methyl/N-ethyl adjacent to an activating group) is 1. The van der Waals surface area contributed by atoms with Crippen LogP contribution in [0.15, 0.2) is 95.3 Å². The Morgan fingerprint density at radius 1 is 1.25 bits per heavy atom. The fourth-order valence-corrected chi connectivity index (χ4v) is 5.57. The number of ether oxygens (including phenoxy) is 1. The molecule has 0 saturated carbocycles.